The first kappa shape index (κ1) is 27.2. The number of amides is 1. The fourth-order valence-electron chi connectivity index (χ4n) is 3.03. The number of hydrogen-bond donors (Lipinski definition) is 1. The third-order valence-electron chi connectivity index (χ3n) is 4.63. The van der Waals surface area contributed by atoms with Crippen molar-refractivity contribution in [3.05, 3.63) is 0 Å². The summed E-state index contributed by atoms with van der Waals surface area (Å²) in [5.74, 6) is 0.762. The number of alkyl halides is 3. The molecule has 0 aromatic carbocycles. The molecule has 1 unspecified atom stereocenters. The van der Waals surface area contributed by atoms with E-state index >= 15 is 0 Å². The molecule has 1 aliphatic rings. The number of hydrogen-bond acceptors (Lipinski definition) is 3. The van der Waals surface area contributed by atoms with Crippen molar-refractivity contribution in [3.8, 4) is 0 Å². The average molecular weight is 521 g/mol. The van der Waals surface area contributed by atoms with Gasteiger partial charge in [-0.25, -0.2) is 4.99 Å². The molecule has 0 aromatic rings. The van der Waals surface area contributed by atoms with E-state index in [4.69, 9.17) is 0 Å². The quantitative estimate of drug-likeness (QED) is 0.220. The van der Waals surface area contributed by atoms with Gasteiger partial charge in [0, 0.05) is 40.3 Å². The van der Waals surface area contributed by atoms with Crippen molar-refractivity contribution < 1.29 is 18.0 Å². The summed E-state index contributed by atoms with van der Waals surface area (Å²) in [5.41, 5.74) is 0. The van der Waals surface area contributed by atoms with E-state index in [-0.39, 0.29) is 42.3 Å². The second-order valence-corrected chi connectivity index (χ2v) is 7.25. The minimum Gasteiger partial charge on any atom is -0.356 e. The van der Waals surface area contributed by atoms with Gasteiger partial charge in [0.1, 0.15) is 6.54 Å². The van der Waals surface area contributed by atoms with Gasteiger partial charge in [-0.3, -0.25) is 9.69 Å². The van der Waals surface area contributed by atoms with Crippen LogP contribution < -0.4 is 5.32 Å². The molecule has 1 rings (SSSR count). The summed E-state index contributed by atoms with van der Waals surface area (Å²) in [5, 5.41) is 3.29. The van der Waals surface area contributed by atoms with E-state index in [0.29, 0.717) is 25.6 Å². The second-order valence-electron chi connectivity index (χ2n) is 7.25. The molecular formula is C18H35F3IN5O. The van der Waals surface area contributed by atoms with E-state index < -0.39 is 12.7 Å². The number of unbranched alkanes of at least 4 members (excludes halogenated alkanes) is 1. The smallest absolute Gasteiger partial charge is 0.356 e. The van der Waals surface area contributed by atoms with Gasteiger partial charge in [-0.1, -0.05) is 20.3 Å². The number of rotatable bonds is 9. The van der Waals surface area contributed by atoms with Gasteiger partial charge in [0.2, 0.25) is 5.91 Å². The minimum absolute atomic E-state index is 0. The fourth-order valence-corrected chi connectivity index (χ4v) is 3.03. The molecule has 1 fully saturated rings. The van der Waals surface area contributed by atoms with Gasteiger partial charge in [-0.05, 0) is 25.3 Å². The largest absolute Gasteiger partial charge is 0.401 e. The average Bonchev–Trinajstić information content (AvgIpc) is 3.04. The number of carbonyl (C=O) groups excluding carboxylic acids is 1. The Labute approximate surface area is 183 Å². The molecule has 1 aliphatic heterocycles. The molecule has 0 aliphatic carbocycles. The number of nitrogens with zero attached hydrogens (tertiary/aromatic N) is 4. The van der Waals surface area contributed by atoms with Crippen LogP contribution in [0.4, 0.5) is 13.2 Å². The van der Waals surface area contributed by atoms with Crippen LogP contribution in [-0.4, -0.2) is 92.7 Å². The van der Waals surface area contributed by atoms with Crippen LogP contribution >= 0.6 is 24.0 Å². The molecule has 166 valence electrons. The molecule has 0 aromatic heterocycles. The Morgan fingerprint density at radius 1 is 1.29 bits per heavy atom. The first-order chi connectivity index (χ1) is 12.7. The number of likely N-dealkylation sites (N-methyl/N-ethyl adjacent to an activating group) is 1. The van der Waals surface area contributed by atoms with E-state index in [9.17, 15) is 18.0 Å². The second kappa shape index (κ2) is 13.4. The van der Waals surface area contributed by atoms with Crippen molar-refractivity contribution in [2.24, 2.45) is 10.9 Å². The van der Waals surface area contributed by atoms with Gasteiger partial charge in [0.05, 0.1) is 6.54 Å². The van der Waals surface area contributed by atoms with Crippen LogP contribution in [0.5, 0.6) is 0 Å². The van der Waals surface area contributed by atoms with Crippen molar-refractivity contribution in [3.63, 3.8) is 0 Å². The summed E-state index contributed by atoms with van der Waals surface area (Å²) in [6.07, 6.45) is -1.31. The molecular weight excluding hydrogens is 486 g/mol. The van der Waals surface area contributed by atoms with Gasteiger partial charge in [0.15, 0.2) is 5.96 Å². The van der Waals surface area contributed by atoms with Crippen LogP contribution in [0.25, 0.3) is 0 Å². The molecule has 1 N–H and O–H groups in total. The van der Waals surface area contributed by atoms with Crippen molar-refractivity contribution in [2.75, 3.05) is 59.9 Å². The van der Waals surface area contributed by atoms with Crippen LogP contribution in [0.2, 0.25) is 0 Å². The lowest BCUT2D eigenvalue weighted by molar-refractivity contribution is -0.146. The molecule has 0 saturated carbocycles. The maximum Gasteiger partial charge on any atom is 0.401 e. The van der Waals surface area contributed by atoms with E-state index in [1.54, 1.807) is 21.0 Å². The highest BCUT2D eigenvalue weighted by molar-refractivity contribution is 14.0. The summed E-state index contributed by atoms with van der Waals surface area (Å²) in [4.78, 5) is 21.3. The van der Waals surface area contributed by atoms with Gasteiger partial charge >= 0.3 is 6.18 Å². The van der Waals surface area contributed by atoms with E-state index in [0.717, 1.165) is 32.4 Å². The summed E-state index contributed by atoms with van der Waals surface area (Å²) in [6.45, 7) is 6.01. The highest BCUT2D eigenvalue weighted by Crippen LogP contribution is 2.21. The Kier molecular flexibility index (Phi) is 13.1. The van der Waals surface area contributed by atoms with E-state index in [1.165, 1.54) is 9.80 Å². The number of guanidine groups is 1. The van der Waals surface area contributed by atoms with Gasteiger partial charge in [-0.2, -0.15) is 13.2 Å². The predicted octanol–water partition coefficient (Wildman–Crippen LogP) is 2.64. The number of halogens is 4. The topological polar surface area (TPSA) is 51.2 Å². The lowest BCUT2D eigenvalue weighted by Gasteiger charge is -2.26. The van der Waals surface area contributed by atoms with Crippen molar-refractivity contribution >= 4 is 35.8 Å². The van der Waals surface area contributed by atoms with Gasteiger partial charge in [0.25, 0.3) is 0 Å². The van der Waals surface area contributed by atoms with Crippen LogP contribution in [0, 0.1) is 5.92 Å². The zero-order chi connectivity index (χ0) is 20.4. The molecule has 1 heterocycles. The highest BCUT2D eigenvalue weighted by atomic mass is 127. The maximum absolute atomic E-state index is 12.7. The third kappa shape index (κ3) is 10.7. The molecule has 1 atom stereocenters. The molecule has 0 radical (unpaired) electrons. The fraction of sp³-hybridized carbons (Fsp3) is 0.889. The minimum atomic E-state index is -4.17. The Bertz CT molecular complexity index is 488. The van der Waals surface area contributed by atoms with Gasteiger partial charge in [-0.15, -0.1) is 24.0 Å². The van der Waals surface area contributed by atoms with E-state index in [1.807, 2.05) is 0 Å². The van der Waals surface area contributed by atoms with Crippen molar-refractivity contribution in [2.45, 2.75) is 39.3 Å². The van der Waals surface area contributed by atoms with Gasteiger partial charge < -0.3 is 15.1 Å². The molecule has 0 bridgehead atoms. The predicted molar refractivity (Wildman–Crippen MR) is 117 cm³/mol. The molecule has 10 heteroatoms. The monoisotopic (exact) mass is 521 g/mol. The first-order valence-electron chi connectivity index (χ1n) is 9.68. The van der Waals surface area contributed by atoms with Crippen LogP contribution in [0.1, 0.15) is 33.1 Å². The Hall–Kier alpha value is -0.780. The van der Waals surface area contributed by atoms with Crippen molar-refractivity contribution in [1.29, 1.82) is 0 Å². The third-order valence-corrected chi connectivity index (χ3v) is 4.63. The zero-order valence-corrected chi connectivity index (χ0v) is 19.7. The summed E-state index contributed by atoms with van der Waals surface area (Å²) >= 11 is 0. The number of nitrogens with one attached hydrogen (secondary N) is 1. The summed E-state index contributed by atoms with van der Waals surface area (Å²) < 4.78 is 38.0. The van der Waals surface area contributed by atoms with Crippen LogP contribution in [0.15, 0.2) is 4.99 Å². The molecule has 1 saturated heterocycles. The zero-order valence-electron chi connectivity index (χ0n) is 17.4. The molecule has 1 amide bonds. The Morgan fingerprint density at radius 2 is 1.96 bits per heavy atom. The lowest BCUT2D eigenvalue weighted by atomic mass is 10.1. The maximum atomic E-state index is 12.7. The number of carbonyl (C=O) groups is 1. The standard InChI is InChI=1S/C18H34F3N5O.HI/c1-5-7-9-22-17(23-11-16(27)24(3)4)26-10-8-15(13-26)12-25(6-2)14-18(19,20)21;/h15H,5-14H2,1-4H3,(H,22,23);1H. The molecule has 28 heavy (non-hydrogen) atoms. The number of likely N-dealkylation sites (tertiary alicyclic amines) is 1. The first-order valence-corrected chi connectivity index (χ1v) is 9.68. The molecule has 6 nitrogen and oxygen atoms in total. The Balaban J connectivity index is 0.00000729. The van der Waals surface area contributed by atoms with Crippen LogP contribution in [0.3, 0.4) is 0 Å². The summed E-state index contributed by atoms with van der Waals surface area (Å²) in [6, 6.07) is 0. The van der Waals surface area contributed by atoms with E-state index in [2.05, 4.69) is 22.1 Å². The normalized spacial score (nSPS) is 17.6. The van der Waals surface area contributed by atoms with Crippen LogP contribution in [-0.2, 0) is 4.79 Å². The summed E-state index contributed by atoms with van der Waals surface area (Å²) in [7, 11) is 3.38. The lowest BCUT2D eigenvalue weighted by Crippen LogP contribution is -2.42. The Morgan fingerprint density at radius 3 is 2.50 bits per heavy atom. The molecule has 0 spiro atoms. The van der Waals surface area contributed by atoms with Crippen molar-refractivity contribution in [1.82, 2.24) is 20.0 Å². The highest BCUT2D eigenvalue weighted by Gasteiger charge is 2.33. The number of aliphatic imine (C=N–C) groups is 1. The SMILES string of the molecule is CCCCNC(=NCC(=O)N(C)C)N1CCC(CN(CC)CC(F)(F)F)C1.I.